The molecule has 0 radical (unpaired) electrons. The average molecular weight is 386 g/mol. The van der Waals surface area contributed by atoms with Crippen molar-refractivity contribution in [2.75, 3.05) is 18.5 Å². The summed E-state index contributed by atoms with van der Waals surface area (Å²) in [7, 11) is 0. The molecule has 0 saturated carbocycles. The van der Waals surface area contributed by atoms with Gasteiger partial charge in [0.2, 0.25) is 0 Å². The second-order valence-corrected chi connectivity index (χ2v) is 6.86. The van der Waals surface area contributed by atoms with Gasteiger partial charge in [-0.2, -0.15) is 0 Å². The van der Waals surface area contributed by atoms with E-state index >= 15 is 0 Å². The maximum atomic E-state index is 15.0. The highest BCUT2D eigenvalue weighted by atomic mass is 19.1. The van der Waals surface area contributed by atoms with E-state index in [4.69, 9.17) is 10.5 Å². The van der Waals surface area contributed by atoms with Gasteiger partial charge in [-0.25, -0.2) is 13.8 Å². The molecule has 1 amide bonds. The minimum Gasteiger partial charge on any atom is -0.380 e. The third-order valence-corrected chi connectivity index (χ3v) is 4.94. The monoisotopic (exact) mass is 386 g/mol. The van der Waals surface area contributed by atoms with Crippen LogP contribution in [-0.4, -0.2) is 36.2 Å². The number of aromatic nitrogens is 1. The minimum atomic E-state index is -0.550. The predicted octanol–water partition coefficient (Wildman–Crippen LogP) is 2.30. The highest BCUT2D eigenvalue weighted by molar-refractivity contribution is 6.02. The third kappa shape index (κ3) is 3.61. The van der Waals surface area contributed by atoms with Gasteiger partial charge < -0.3 is 21.1 Å². The minimum absolute atomic E-state index is 0.0661. The van der Waals surface area contributed by atoms with E-state index in [2.05, 4.69) is 15.6 Å². The van der Waals surface area contributed by atoms with Crippen molar-refractivity contribution < 1.29 is 18.3 Å². The summed E-state index contributed by atoms with van der Waals surface area (Å²) in [6.07, 6.45) is 3.97. The number of anilines is 1. The molecule has 1 aromatic carbocycles. The lowest BCUT2D eigenvalue weighted by atomic mass is 10.0. The van der Waals surface area contributed by atoms with Gasteiger partial charge in [0.15, 0.2) is 11.6 Å². The Hall–Kier alpha value is -2.84. The molecular formula is C20H20F2N4O2. The Balaban J connectivity index is 1.69. The topological polar surface area (TPSA) is 89.3 Å². The lowest BCUT2D eigenvalue weighted by Crippen LogP contribution is -2.48. The number of carbonyl (C=O) groups is 1. The summed E-state index contributed by atoms with van der Waals surface area (Å²) >= 11 is 0. The molecule has 0 unspecified atom stereocenters. The molecule has 4 N–H and O–H groups in total. The Morgan fingerprint density at radius 3 is 2.79 bits per heavy atom. The average Bonchev–Trinajstić information content (AvgIpc) is 3.08. The standard InChI is InChI=1S/C20H20F2N4O2/c21-12-4-1-11(2-5-12)3-6-16-17-13(9-24-20(17)27)18(22)19(26-16)25-15-7-8-28-10-14(15)23/h1-6,14-15H,7-10,23H2,(H,24,27)(H,25,26)/b6-3+/t14-,15+/m0/s1. The molecule has 28 heavy (non-hydrogen) atoms. The Bertz CT molecular complexity index is 931. The number of nitrogens with two attached hydrogens (primary N) is 1. The first-order chi connectivity index (χ1) is 13.5. The first kappa shape index (κ1) is 18.5. The smallest absolute Gasteiger partial charge is 0.254 e. The summed E-state index contributed by atoms with van der Waals surface area (Å²) in [5.74, 6) is -1.19. The van der Waals surface area contributed by atoms with Crippen LogP contribution >= 0.6 is 0 Å². The first-order valence-electron chi connectivity index (χ1n) is 9.07. The zero-order valence-corrected chi connectivity index (χ0v) is 15.0. The number of hydrogen-bond acceptors (Lipinski definition) is 5. The van der Waals surface area contributed by atoms with Crippen LogP contribution in [-0.2, 0) is 11.3 Å². The number of ether oxygens (including phenoxy) is 1. The summed E-state index contributed by atoms with van der Waals surface area (Å²) in [4.78, 5) is 16.5. The van der Waals surface area contributed by atoms with E-state index in [9.17, 15) is 13.6 Å². The molecular weight excluding hydrogens is 366 g/mol. The largest absolute Gasteiger partial charge is 0.380 e. The fourth-order valence-electron chi connectivity index (χ4n) is 3.39. The first-order valence-corrected chi connectivity index (χ1v) is 9.07. The molecule has 146 valence electrons. The SMILES string of the molecule is N[C@H]1COCC[C@H]1Nc1nc(/C=C/c2ccc(F)cc2)c2c(c1F)CNC2=O. The number of fused-ring (bicyclic) bond motifs is 1. The molecule has 1 aromatic heterocycles. The molecule has 2 aromatic rings. The zero-order chi connectivity index (χ0) is 19.7. The van der Waals surface area contributed by atoms with E-state index < -0.39 is 5.82 Å². The van der Waals surface area contributed by atoms with Crippen LogP contribution in [0.1, 0.15) is 33.6 Å². The lowest BCUT2D eigenvalue weighted by Gasteiger charge is -2.30. The number of pyridine rings is 1. The number of rotatable bonds is 4. The molecule has 1 fully saturated rings. The van der Waals surface area contributed by atoms with E-state index in [1.54, 1.807) is 24.3 Å². The van der Waals surface area contributed by atoms with Crippen molar-refractivity contribution >= 4 is 23.9 Å². The van der Waals surface area contributed by atoms with Gasteiger partial charge in [0.1, 0.15) is 5.82 Å². The van der Waals surface area contributed by atoms with Gasteiger partial charge in [-0.1, -0.05) is 18.2 Å². The number of nitrogens with zero attached hydrogens (tertiary/aromatic N) is 1. The summed E-state index contributed by atoms with van der Waals surface area (Å²) in [5, 5.41) is 5.71. The van der Waals surface area contributed by atoms with Crippen LogP contribution in [0.15, 0.2) is 24.3 Å². The van der Waals surface area contributed by atoms with Crippen molar-refractivity contribution in [1.29, 1.82) is 0 Å². The number of hydrogen-bond donors (Lipinski definition) is 3. The van der Waals surface area contributed by atoms with Crippen LogP contribution in [0.25, 0.3) is 12.2 Å². The molecule has 8 heteroatoms. The number of carbonyl (C=O) groups excluding carboxylic acids is 1. The maximum Gasteiger partial charge on any atom is 0.254 e. The van der Waals surface area contributed by atoms with Crippen molar-refractivity contribution in [3.8, 4) is 0 Å². The summed E-state index contributed by atoms with van der Waals surface area (Å²) in [5.41, 5.74) is 7.63. The fourth-order valence-corrected chi connectivity index (χ4v) is 3.39. The van der Waals surface area contributed by atoms with E-state index in [0.29, 0.717) is 25.3 Å². The summed E-state index contributed by atoms with van der Waals surface area (Å²) in [6, 6.07) is 5.45. The van der Waals surface area contributed by atoms with E-state index in [0.717, 1.165) is 5.56 Å². The Labute approximate surface area is 160 Å². The van der Waals surface area contributed by atoms with Crippen molar-refractivity contribution in [2.45, 2.75) is 25.0 Å². The Kier molecular flexibility index (Phi) is 5.06. The quantitative estimate of drug-likeness (QED) is 0.750. The van der Waals surface area contributed by atoms with E-state index in [1.165, 1.54) is 12.1 Å². The molecule has 6 nitrogen and oxygen atoms in total. The van der Waals surface area contributed by atoms with Crippen molar-refractivity contribution in [3.63, 3.8) is 0 Å². The van der Waals surface area contributed by atoms with Gasteiger partial charge in [0.25, 0.3) is 5.91 Å². The number of benzene rings is 1. The molecule has 0 bridgehead atoms. The van der Waals surface area contributed by atoms with Gasteiger partial charge in [-0.15, -0.1) is 0 Å². The van der Waals surface area contributed by atoms with Crippen molar-refractivity contribution in [3.05, 3.63) is 58.3 Å². The van der Waals surface area contributed by atoms with Crippen molar-refractivity contribution in [1.82, 2.24) is 10.3 Å². The lowest BCUT2D eigenvalue weighted by molar-refractivity contribution is 0.0751. The highest BCUT2D eigenvalue weighted by Gasteiger charge is 2.30. The molecule has 2 aliphatic heterocycles. The summed E-state index contributed by atoms with van der Waals surface area (Å²) < 4.78 is 33.4. The number of nitrogens with one attached hydrogen (secondary N) is 2. The maximum absolute atomic E-state index is 15.0. The van der Waals surface area contributed by atoms with Crippen LogP contribution < -0.4 is 16.4 Å². The summed E-state index contributed by atoms with van der Waals surface area (Å²) in [6.45, 7) is 1.03. The normalized spacial score (nSPS) is 21.6. The van der Waals surface area contributed by atoms with Gasteiger partial charge in [-0.05, 0) is 30.2 Å². The van der Waals surface area contributed by atoms with Crippen LogP contribution in [0.4, 0.5) is 14.6 Å². The van der Waals surface area contributed by atoms with Crippen LogP contribution in [0.2, 0.25) is 0 Å². The van der Waals surface area contributed by atoms with Gasteiger partial charge in [0, 0.05) is 30.8 Å². The fraction of sp³-hybridized carbons (Fsp3) is 0.300. The predicted molar refractivity (Wildman–Crippen MR) is 102 cm³/mol. The van der Waals surface area contributed by atoms with Crippen molar-refractivity contribution in [2.24, 2.45) is 5.73 Å². The molecule has 4 rings (SSSR count). The zero-order valence-electron chi connectivity index (χ0n) is 15.0. The molecule has 3 heterocycles. The van der Waals surface area contributed by atoms with Gasteiger partial charge in [0.05, 0.1) is 17.9 Å². The molecule has 2 aliphatic rings. The van der Waals surface area contributed by atoms with E-state index in [-0.39, 0.29) is 47.3 Å². The van der Waals surface area contributed by atoms with Gasteiger partial charge in [-0.3, -0.25) is 4.79 Å². The Morgan fingerprint density at radius 2 is 2.04 bits per heavy atom. The molecule has 0 aliphatic carbocycles. The molecule has 2 atom stereocenters. The van der Waals surface area contributed by atoms with Crippen LogP contribution in [0.5, 0.6) is 0 Å². The van der Waals surface area contributed by atoms with Crippen LogP contribution in [0, 0.1) is 11.6 Å². The van der Waals surface area contributed by atoms with Crippen LogP contribution in [0.3, 0.4) is 0 Å². The number of amides is 1. The number of halogens is 2. The highest BCUT2D eigenvalue weighted by Crippen LogP contribution is 2.29. The Morgan fingerprint density at radius 1 is 1.25 bits per heavy atom. The molecule has 1 saturated heterocycles. The van der Waals surface area contributed by atoms with E-state index in [1.807, 2.05) is 0 Å². The second-order valence-electron chi connectivity index (χ2n) is 6.86. The third-order valence-electron chi connectivity index (χ3n) is 4.94. The second kappa shape index (κ2) is 7.65. The molecule has 0 spiro atoms. The van der Waals surface area contributed by atoms with Gasteiger partial charge >= 0.3 is 0 Å².